The molecular formula is C20H15FN4O3S2. The fourth-order valence-electron chi connectivity index (χ4n) is 2.78. The van der Waals surface area contributed by atoms with E-state index in [-0.39, 0.29) is 11.7 Å². The summed E-state index contributed by atoms with van der Waals surface area (Å²) in [5.74, 6) is -0.0613. The van der Waals surface area contributed by atoms with Crippen molar-refractivity contribution in [3.63, 3.8) is 0 Å². The van der Waals surface area contributed by atoms with Crippen LogP contribution in [0.3, 0.4) is 0 Å². The van der Waals surface area contributed by atoms with Gasteiger partial charge in [-0.2, -0.15) is 0 Å². The number of fused-ring (bicyclic) bond motifs is 1. The van der Waals surface area contributed by atoms with Crippen molar-refractivity contribution >= 4 is 56.5 Å². The quantitative estimate of drug-likeness (QED) is 0.328. The largest absolute Gasteiger partial charge is 0.423 e. The van der Waals surface area contributed by atoms with Gasteiger partial charge in [0, 0.05) is 41.6 Å². The first kappa shape index (κ1) is 20.0. The van der Waals surface area contributed by atoms with Gasteiger partial charge in [0.1, 0.15) is 11.4 Å². The van der Waals surface area contributed by atoms with Crippen molar-refractivity contribution in [1.82, 2.24) is 10.2 Å². The van der Waals surface area contributed by atoms with Crippen LogP contribution in [0.5, 0.6) is 0 Å². The molecule has 2 N–H and O–H groups in total. The first-order valence-electron chi connectivity index (χ1n) is 8.79. The lowest BCUT2D eigenvalue weighted by Gasteiger charge is -2.07. The molecule has 0 aliphatic rings. The van der Waals surface area contributed by atoms with E-state index in [1.807, 2.05) is 0 Å². The standard InChI is InChI=1S/C20H15FN4O3S2/c1-11(26)22-15-5-6-16-12(7-18(27)28-17(16)9-15)10-29-20-25-24-19(30-20)23-14-4-2-3-13(21)8-14/h2-9H,10H2,1H3,(H,22,26)(H,23,24). The van der Waals surface area contributed by atoms with Gasteiger partial charge < -0.3 is 15.1 Å². The summed E-state index contributed by atoms with van der Waals surface area (Å²) in [5.41, 5.74) is 1.86. The summed E-state index contributed by atoms with van der Waals surface area (Å²) >= 11 is 2.76. The van der Waals surface area contributed by atoms with Crippen molar-refractivity contribution in [1.29, 1.82) is 0 Å². The number of halogens is 1. The molecule has 0 aliphatic heterocycles. The number of aromatic nitrogens is 2. The lowest BCUT2D eigenvalue weighted by Crippen LogP contribution is -2.06. The molecule has 1 amide bonds. The number of nitrogens with zero attached hydrogens (tertiary/aromatic N) is 2. The Bertz CT molecular complexity index is 1290. The summed E-state index contributed by atoms with van der Waals surface area (Å²) in [6, 6.07) is 12.7. The number of hydrogen-bond acceptors (Lipinski definition) is 8. The molecule has 0 bridgehead atoms. The highest BCUT2D eigenvalue weighted by Crippen LogP contribution is 2.32. The number of carbonyl (C=O) groups excluding carboxylic acids is 1. The van der Waals surface area contributed by atoms with Crippen LogP contribution >= 0.6 is 23.1 Å². The van der Waals surface area contributed by atoms with Crippen molar-refractivity contribution < 1.29 is 13.6 Å². The Morgan fingerprint density at radius 2 is 2.03 bits per heavy atom. The molecule has 0 atom stereocenters. The molecule has 0 unspecified atom stereocenters. The van der Waals surface area contributed by atoms with Crippen LogP contribution in [-0.4, -0.2) is 16.1 Å². The molecule has 2 heterocycles. The van der Waals surface area contributed by atoms with E-state index in [0.29, 0.717) is 32.2 Å². The number of rotatable bonds is 6. The van der Waals surface area contributed by atoms with Crippen LogP contribution in [0.1, 0.15) is 12.5 Å². The number of carbonyl (C=O) groups is 1. The third-order valence-electron chi connectivity index (χ3n) is 3.98. The highest BCUT2D eigenvalue weighted by molar-refractivity contribution is 8.00. The minimum Gasteiger partial charge on any atom is -0.423 e. The first-order valence-corrected chi connectivity index (χ1v) is 10.6. The third kappa shape index (κ3) is 4.84. The van der Waals surface area contributed by atoms with E-state index in [4.69, 9.17) is 4.42 Å². The van der Waals surface area contributed by atoms with Crippen LogP contribution in [0.2, 0.25) is 0 Å². The highest BCUT2D eigenvalue weighted by Gasteiger charge is 2.11. The summed E-state index contributed by atoms with van der Waals surface area (Å²) in [6.45, 7) is 1.41. The first-order chi connectivity index (χ1) is 14.5. The molecular weight excluding hydrogens is 427 g/mol. The van der Waals surface area contributed by atoms with E-state index in [1.165, 1.54) is 48.2 Å². The monoisotopic (exact) mass is 442 g/mol. The smallest absolute Gasteiger partial charge is 0.336 e. The van der Waals surface area contributed by atoms with Gasteiger partial charge in [-0.1, -0.05) is 29.2 Å². The van der Waals surface area contributed by atoms with Crippen LogP contribution in [0.4, 0.5) is 20.9 Å². The van der Waals surface area contributed by atoms with Crippen LogP contribution in [0, 0.1) is 5.82 Å². The second kappa shape index (κ2) is 8.64. The molecule has 0 spiro atoms. The maximum absolute atomic E-state index is 13.3. The zero-order valence-corrected chi connectivity index (χ0v) is 17.3. The van der Waals surface area contributed by atoms with Crippen molar-refractivity contribution in [2.24, 2.45) is 0 Å². The zero-order valence-electron chi connectivity index (χ0n) is 15.6. The maximum Gasteiger partial charge on any atom is 0.336 e. The van der Waals surface area contributed by atoms with Crippen molar-refractivity contribution in [2.75, 3.05) is 10.6 Å². The van der Waals surface area contributed by atoms with E-state index in [0.717, 1.165) is 10.9 Å². The topological polar surface area (TPSA) is 97.1 Å². The Kier molecular flexibility index (Phi) is 5.77. The summed E-state index contributed by atoms with van der Waals surface area (Å²) in [7, 11) is 0. The molecule has 4 aromatic rings. The van der Waals surface area contributed by atoms with Gasteiger partial charge >= 0.3 is 5.63 Å². The molecule has 2 aromatic heterocycles. The average Bonchev–Trinajstić information content (AvgIpc) is 3.12. The summed E-state index contributed by atoms with van der Waals surface area (Å²) in [4.78, 5) is 23.2. The van der Waals surface area contributed by atoms with Crippen LogP contribution in [0.15, 0.2) is 62.1 Å². The summed E-state index contributed by atoms with van der Waals surface area (Å²) < 4.78 is 19.3. The van der Waals surface area contributed by atoms with E-state index in [1.54, 1.807) is 30.3 Å². The van der Waals surface area contributed by atoms with Gasteiger partial charge in [-0.05, 0) is 35.9 Å². The third-order valence-corrected chi connectivity index (χ3v) is 6.00. The molecule has 7 nitrogen and oxygen atoms in total. The van der Waals surface area contributed by atoms with Crippen LogP contribution < -0.4 is 16.3 Å². The Morgan fingerprint density at radius 1 is 1.17 bits per heavy atom. The molecule has 0 saturated carbocycles. The molecule has 30 heavy (non-hydrogen) atoms. The SMILES string of the molecule is CC(=O)Nc1ccc2c(CSc3nnc(Nc4cccc(F)c4)s3)cc(=O)oc2c1. The lowest BCUT2D eigenvalue weighted by molar-refractivity contribution is -0.114. The number of nitrogens with one attached hydrogen (secondary N) is 2. The molecule has 2 aromatic carbocycles. The van der Waals surface area contributed by atoms with Crippen LogP contribution in [0.25, 0.3) is 11.0 Å². The fourth-order valence-corrected chi connectivity index (χ4v) is 4.54. The van der Waals surface area contributed by atoms with E-state index >= 15 is 0 Å². The number of amides is 1. The molecule has 4 rings (SSSR count). The second-order valence-corrected chi connectivity index (χ2v) is 8.48. The molecule has 0 radical (unpaired) electrons. The normalized spacial score (nSPS) is 10.9. The zero-order chi connectivity index (χ0) is 21.1. The van der Waals surface area contributed by atoms with Gasteiger partial charge in [0.25, 0.3) is 0 Å². The second-order valence-electron chi connectivity index (χ2n) is 6.28. The molecule has 0 fully saturated rings. The Balaban J connectivity index is 1.50. The molecule has 0 aliphatic carbocycles. The van der Waals surface area contributed by atoms with Crippen LogP contribution in [-0.2, 0) is 10.5 Å². The fraction of sp³-hybridized carbons (Fsp3) is 0.100. The number of hydrogen-bond donors (Lipinski definition) is 2. The Hall–Kier alpha value is -3.24. The van der Waals surface area contributed by atoms with Gasteiger partial charge in [0.05, 0.1) is 0 Å². The summed E-state index contributed by atoms with van der Waals surface area (Å²) in [6.07, 6.45) is 0. The number of benzene rings is 2. The van der Waals surface area contributed by atoms with Gasteiger partial charge in [0.2, 0.25) is 11.0 Å². The predicted molar refractivity (Wildman–Crippen MR) is 116 cm³/mol. The summed E-state index contributed by atoms with van der Waals surface area (Å²) in [5, 5.41) is 15.2. The molecule has 152 valence electrons. The number of thioether (sulfide) groups is 1. The average molecular weight is 442 g/mol. The minimum atomic E-state index is -0.469. The van der Waals surface area contributed by atoms with Gasteiger partial charge in [-0.3, -0.25) is 4.79 Å². The van der Waals surface area contributed by atoms with Gasteiger partial charge in [0.15, 0.2) is 4.34 Å². The Labute approximate surface area is 178 Å². The van der Waals surface area contributed by atoms with Crippen molar-refractivity contribution in [2.45, 2.75) is 17.0 Å². The molecule has 10 heteroatoms. The highest BCUT2D eigenvalue weighted by atomic mass is 32.2. The predicted octanol–water partition coefficient (Wildman–Crippen LogP) is 4.78. The van der Waals surface area contributed by atoms with Crippen molar-refractivity contribution in [3.8, 4) is 0 Å². The minimum absolute atomic E-state index is 0.206. The van der Waals surface area contributed by atoms with E-state index in [2.05, 4.69) is 20.8 Å². The lowest BCUT2D eigenvalue weighted by atomic mass is 10.1. The Morgan fingerprint density at radius 3 is 2.83 bits per heavy atom. The van der Waals surface area contributed by atoms with Gasteiger partial charge in [-0.25, -0.2) is 9.18 Å². The van der Waals surface area contributed by atoms with Crippen molar-refractivity contribution in [3.05, 3.63) is 70.3 Å². The van der Waals surface area contributed by atoms with Gasteiger partial charge in [-0.15, -0.1) is 10.2 Å². The molecule has 0 saturated heterocycles. The van der Waals surface area contributed by atoms with E-state index < -0.39 is 5.63 Å². The number of anilines is 3. The maximum atomic E-state index is 13.3. The van der Waals surface area contributed by atoms with E-state index in [9.17, 15) is 14.0 Å².